The summed E-state index contributed by atoms with van der Waals surface area (Å²) < 4.78 is 24.6. The zero-order valence-corrected chi connectivity index (χ0v) is 17.4. The molecule has 1 N–H and O–H groups in total. The minimum absolute atomic E-state index is 0.128. The smallest absolute Gasteiger partial charge is 0.334 e. The first-order valence-corrected chi connectivity index (χ1v) is 10.3. The molecule has 5 rings (SSSR count). The standard InChI is InChI=1S/C24H19FN4O4/c25-19-7-5-16(6-8-19)15-1-3-17(4-2-15)21-22(18-11-26-14-27-12-18)33-24(28-21)29-9-10-32-20(13-29)23(30)31/h1-8,11-12,14,20H,9-10,13H2,(H,30,31). The summed E-state index contributed by atoms with van der Waals surface area (Å²) in [6.45, 7) is 0.840. The van der Waals surface area contributed by atoms with Crippen molar-refractivity contribution < 1.29 is 23.4 Å². The number of carbonyl (C=O) groups is 1. The van der Waals surface area contributed by atoms with Gasteiger partial charge in [0.15, 0.2) is 11.9 Å². The van der Waals surface area contributed by atoms with Gasteiger partial charge in [-0.15, -0.1) is 0 Å². The Bertz CT molecular complexity index is 1260. The molecule has 0 saturated carbocycles. The third-order valence-electron chi connectivity index (χ3n) is 5.39. The summed E-state index contributed by atoms with van der Waals surface area (Å²) in [7, 11) is 0. The van der Waals surface area contributed by atoms with Gasteiger partial charge in [-0.2, -0.15) is 4.98 Å². The highest BCUT2D eigenvalue weighted by Crippen LogP contribution is 2.36. The number of oxazole rings is 1. The van der Waals surface area contributed by atoms with Crippen molar-refractivity contribution in [3.8, 4) is 33.7 Å². The number of anilines is 1. The summed E-state index contributed by atoms with van der Waals surface area (Å²) in [5.41, 5.74) is 3.87. The summed E-state index contributed by atoms with van der Waals surface area (Å²) in [5, 5.41) is 9.31. The van der Waals surface area contributed by atoms with Gasteiger partial charge in [-0.3, -0.25) is 0 Å². The maximum absolute atomic E-state index is 13.2. The molecule has 2 aromatic carbocycles. The molecular weight excluding hydrogens is 427 g/mol. The molecule has 0 aliphatic carbocycles. The van der Waals surface area contributed by atoms with Gasteiger partial charge in [0.1, 0.15) is 17.8 Å². The lowest BCUT2D eigenvalue weighted by Crippen LogP contribution is -2.46. The summed E-state index contributed by atoms with van der Waals surface area (Å²) in [6, 6.07) is 14.3. The van der Waals surface area contributed by atoms with Crippen LogP contribution in [0.2, 0.25) is 0 Å². The fourth-order valence-corrected chi connectivity index (χ4v) is 3.69. The van der Waals surface area contributed by atoms with Crippen LogP contribution in [0.25, 0.3) is 33.7 Å². The topological polar surface area (TPSA) is 102 Å². The van der Waals surface area contributed by atoms with Crippen LogP contribution in [-0.4, -0.2) is 51.8 Å². The molecule has 0 amide bonds. The van der Waals surface area contributed by atoms with Crippen molar-refractivity contribution in [2.75, 3.05) is 24.6 Å². The van der Waals surface area contributed by atoms with E-state index in [2.05, 4.69) is 9.97 Å². The average Bonchev–Trinajstić information content (AvgIpc) is 3.31. The highest BCUT2D eigenvalue weighted by Gasteiger charge is 2.30. The van der Waals surface area contributed by atoms with Crippen LogP contribution in [0, 0.1) is 5.82 Å². The maximum Gasteiger partial charge on any atom is 0.334 e. The average molecular weight is 446 g/mol. The van der Waals surface area contributed by atoms with Crippen molar-refractivity contribution in [2.24, 2.45) is 0 Å². The monoisotopic (exact) mass is 446 g/mol. The number of ether oxygens (including phenoxy) is 1. The van der Waals surface area contributed by atoms with Crippen molar-refractivity contribution in [2.45, 2.75) is 6.10 Å². The molecule has 1 unspecified atom stereocenters. The molecule has 9 heteroatoms. The van der Waals surface area contributed by atoms with Crippen LogP contribution in [-0.2, 0) is 9.53 Å². The van der Waals surface area contributed by atoms with Gasteiger partial charge in [0.25, 0.3) is 6.01 Å². The third-order valence-corrected chi connectivity index (χ3v) is 5.39. The van der Waals surface area contributed by atoms with Crippen molar-refractivity contribution in [1.29, 1.82) is 0 Å². The van der Waals surface area contributed by atoms with E-state index in [0.29, 0.717) is 29.6 Å². The molecule has 0 radical (unpaired) electrons. The Kier molecular flexibility index (Phi) is 5.54. The predicted octanol–water partition coefficient (Wildman–Crippen LogP) is 3.89. The first kappa shape index (κ1) is 20.8. The SMILES string of the molecule is O=C(O)C1CN(c2nc(-c3ccc(-c4ccc(F)cc4)cc3)c(-c3cncnc3)o2)CCO1. The second-order valence-electron chi connectivity index (χ2n) is 7.53. The van der Waals surface area contributed by atoms with Crippen LogP contribution in [0.5, 0.6) is 0 Å². The highest BCUT2D eigenvalue weighted by atomic mass is 19.1. The Balaban J connectivity index is 1.52. The van der Waals surface area contributed by atoms with Gasteiger partial charge in [0, 0.05) is 24.5 Å². The molecule has 0 spiro atoms. The van der Waals surface area contributed by atoms with Gasteiger partial charge < -0.3 is 19.2 Å². The van der Waals surface area contributed by atoms with Crippen molar-refractivity contribution in [1.82, 2.24) is 15.0 Å². The molecule has 2 aromatic heterocycles. The lowest BCUT2D eigenvalue weighted by atomic mass is 10.0. The van der Waals surface area contributed by atoms with Crippen LogP contribution >= 0.6 is 0 Å². The molecule has 1 fully saturated rings. The third kappa shape index (κ3) is 4.31. The summed E-state index contributed by atoms with van der Waals surface area (Å²) >= 11 is 0. The van der Waals surface area contributed by atoms with E-state index in [1.807, 2.05) is 24.3 Å². The molecule has 0 bridgehead atoms. The van der Waals surface area contributed by atoms with Crippen LogP contribution in [0.4, 0.5) is 10.4 Å². The van der Waals surface area contributed by atoms with E-state index in [1.54, 1.807) is 29.4 Å². The van der Waals surface area contributed by atoms with Gasteiger partial charge in [-0.05, 0) is 23.3 Å². The first-order chi connectivity index (χ1) is 16.1. The first-order valence-electron chi connectivity index (χ1n) is 10.3. The number of hydrogen-bond donors (Lipinski definition) is 1. The normalized spacial score (nSPS) is 16.0. The number of aromatic nitrogens is 3. The van der Waals surface area contributed by atoms with Crippen LogP contribution in [0.1, 0.15) is 0 Å². The van der Waals surface area contributed by atoms with E-state index in [0.717, 1.165) is 16.7 Å². The molecule has 8 nitrogen and oxygen atoms in total. The molecule has 166 valence electrons. The minimum atomic E-state index is -1.03. The van der Waals surface area contributed by atoms with Crippen molar-refractivity contribution in [3.63, 3.8) is 0 Å². The zero-order chi connectivity index (χ0) is 22.8. The quantitative estimate of drug-likeness (QED) is 0.493. The Hall–Kier alpha value is -4.11. The van der Waals surface area contributed by atoms with Crippen LogP contribution in [0.15, 0.2) is 71.7 Å². The van der Waals surface area contributed by atoms with Crippen LogP contribution in [0.3, 0.4) is 0 Å². The number of aliphatic carboxylic acids is 1. The van der Waals surface area contributed by atoms with Gasteiger partial charge in [0.05, 0.1) is 18.7 Å². The number of hydrogen-bond acceptors (Lipinski definition) is 7. The summed E-state index contributed by atoms with van der Waals surface area (Å²) in [6.07, 6.45) is 3.74. The number of halogens is 1. The number of nitrogens with zero attached hydrogens (tertiary/aromatic N) is 4. The second-order valence-corrected chi connectivity index (χ2v) is 7.53. The van der Waals surface area contributed by atoms with Crippen molar-refractivity contribution in [3.05, 3.63) is 73.1 Å². The Labute approximate surface area is 188 Å². The second kappa shape index (κ2) is 8.79. The van der Waals surface area contributed by atoms with E-state index < -0.39 is 12.1 Å². The van der Waals surface area contributed by atoms with Gasteiger partial charge in [-0.1, -0.05) is 36.4 Å². The zero-order valence-electron chi connectivity index (χ0n) is 17.4. The van der Waals surface area contributed by atoms with E-state index in [1.165, 1.54) is 18.5 Å². The van der Waals surface area contributed by atoms with Gasteiger partial charge in [-0.25, -0.2) is 19.2 Å². The minimum Gasteiger partial charge on any atom is -0.479 e. The molecule has 33 heavy (non-hydrogen) atoms. The predicted molar refractivity (Wildman–Crippen MR) is 118 cm³/mol. The van der Waals surface area contributed by atoms with Gasteiger partial charge in [0.2, 0.25) is 0 Å². The Morgan fingerprint density at radius 3 is 2.27 bits per heavy atom. The molecule has 3 heterocycles. The highest BCUT2D eigenvalue weighted by molar-refractivity contribution is 5.79. The lowest BCUT2D eigenvalue weighted by Gasteiger charge is -2.29. The molecule has 1 aliphatic rings. The number of benzene rings is 2. The maximum atomic E-state index is 13.2. The number of carboxylic acid groups (broad SMARTS) is 1. The molecule has 4 aromatic rings. The summed E-state index contributed by atoms with van der Waals surface area (Å²) in [4.78, 5) is 26.0. The van der Waals surface area contributed by atoms with Crippen molar-refractivity contribution >= 4 is 12.0 Å². The molecule has 1 aliphatic heterocycles. The Morgan fingerprint density at radius 2 is 1.61 bits per heavy atom. The number of rotatable bonds is 5. The molecule has 1 saturated heterocycles. The largest absolute Gasteiger partial charge is 0.479 e. The Morgan fingerprint density at radius 1 is 0.970 bits per heavy atom. The lowest BCUT2D eigenvalue weighted by molar-refractivity contribution is -0.150. The van der Waals surface area contributed by atoms with E-state index in [-0.39, 0.29) is 19.0 Å². The van der Waals surface area contributed by atoms with E-state index in [4.69, 9.17) is 14.1 Å². The molecular formula is C24H19FN4O4. The van der Waals surface area contributed by atoms with E-state index >= 15 is 0 Å². The fraction of sp³-hybridized carbons (Fsp3) is 0.167. The van der Waals surface area contributed by atoms with Gasteiger partial charge >= 0.3 is 5.97 Å². The van der Waals surface area contributed by atoms with Crippen LogP contribution < -0.4 is 4.90 Å². The fourth-order valence-electron chi connectivity index (χ4n) is 3.69. The molecule has 1 atom stereocenters. The van der Waals surface area contributed by atoms with E-state index in [9.17, 15) is 14.3 Å². The number of carboxylic acids is 1. The number of morpholine rings is 1. The summed E-state index contributed by atoms with van der Waals surface area (Å²) in [5.74, 6) is -0.827.